The fourth-order valence-electron chi connectivity index (χ4n) is 4.65. The normalized spacial score (nSPS) is 22.0. The molecule has 0 bridgehead atoms. The lowest BCUT2D eigenvalue weighted by atomic mass is 9.81. The second kappa shape index (κ2) is 9.87. The summed E-state index contributed by atoms with van der Waals surface area (Å²) in [5, 5.41) is 0. The van der Waals surface area contributed by atoms with E-state index in [-0.39, 0.29) is 17.0 Å². The Kier molecular flexibility index (Phi) is 7.29. The van der Waals surface area contributed by atoms with Crippen LogP contribution in [0.3, 0.4) is 0 Å². The summed E-state index contributed by atoms with van der Waals surface area (Å²) in [5.41, 5.74) is 1.09. The minimum absolute atomic E-state index is 0.113. The topological polar surface area (TPSA) is 46.6 Å². The minimum atomic E-state index is -3.55. The van der Waals surface area contributed by atoms with Crippen molar-refractivity contribution in [3.8, 4) is 5.75 Å². The average Bonchev–Trinajstić information content (AvgIpc) is 3.64. The number of nitrogens with zero attached hydrogens (tertiary/aromatic N) is 1. The van der Waals surface area contributed by atoms with E-state index in [0.29, 0.717) is 35.4 Å². The summed E-state index contributed by atoms with van der Waals surface area (Å²) in [5.74, 6) is 1.03. The van der Waals surface area contributed by atoms with E-state index in [1.165, 1.54) is 25.0 Å². The first-order valence-electron chi connectivity index (χ1n) is 11.9. The van der Waals surface area contributed by atoms with Gasteiger partial charge in [0.25, 0.3) is 0 Å². The Bertz CT molecular complexity index is 1080. The molecule has 2 aromatic rings. The van der Waals surface area contributed by atoms with E-state index in [9.17, 15) is 12.8 Å². The highest BCUT2D eigenvalue weighted by Gasteiger charge is 2.42. The first kappa shape index (κ1) is 24.4. The maximum Gasteiger partial charge on any atom is 0.181 e. The Labute approximate surface area is 201 Å². The fourth-order valence-corrected chi connectivity index (χ4v) is 7.37. The molecule has 0 unspecified atom stereocenters. The molecule has 7 heteroatoms. The van der Waals surface area contributed by atoms with Crippen molar-refractivity contribution in [2.75, 3.05) is 30.1 Å². The molecule has 4 nitrogen and oxygen atoms in total. The zero-order valence-electron chi connectivity index (χ0n) is 19.8. The summed E-state index contributed by atoms with van der Waals surface area (Å²) in [4.78, 5) is 3.33. The highest BCUT2D eigenvalue weighted by molar-refractivity contribution is 7.98. The highest BCUT2D eigenvalue weighted by atomic mass is 32.2. The Morgan fingerprint density at radius 1 is 1.18 bits per heavy atom. The predicted octanol–water partition coefficient (Wildman–Crippen LogP) is 6.85. The number of anilines is 2. The van der Waals surface area contributed by atoms with Crippen LogP contribution in [0, 0.1) is 17.2 Å². The molecule has 1 aliphatic heterocycles. The quantitative estimate of drug-likeness (QED) is 0.359. The lowest BCUT2D eigenvalue weighted by molar-refractivity contribution is 0.290. The SMILES string of the molecule is CCCC[C@@]1(CC)CN(c2ccc(F)cc2)c2cc(SC)c(OCC3CC3)cc2S(=O)(=O)C1. The lowest BCUT2D eigenvalue weighted by Crippen LogP contribution is -2.37. The number of thioether (sulfide) groups is 1. The molecule has 0 spiro atoms. The molecule has 1 heterocycles. The molecular formula is C26H34FNO3S2. The zero-order chi connectivity index (χ0) is 23.6. The molecule has 0 amide bonds. The third kappa shape index (κ3) is 5.35. The number of benzene rings is 2. The summed E-state index contributed by atoms with van der Waals surface area (Å²) < 4.78 is 47.5. The van der Waals surface area contributed by atoms with E-state index in [0.717, 1.165) is 36.3 Å². The molecule has 1 atom stereocenters. The van der Waals surface area contributed by atoms with Gasteiger partial charge in [-0.1, -0.05) is 26.7 Å². The summed E-state index contributed by atoms with van der Waals surface area (Å²) in [6.45, 7) is 5.43. The smallest absolute Gasteiger partial charge is 0.181 e. The molecule has 1 aliphatic carbocycles. The molecule has 180 valence electrons. The highest BCUT2D eigenvalue weighted by Crippen LogP contribution is 2.47. The average molecular weight is 492 g/mol. The maximum atomic E-state index is 13.8. The molecule has 4 rings (SSSR count). The van der Waals surface area contributed by atoms with Crippen LogP contribution in [0.5, 0.6) is 5.75 Å². The van der Waals surface area contributed by atoms with Crippen molar-refractivity contribution in [3.63, 3.8) is 0 Å². The second-order valence-electron chi connectivity index (χ2n) is 9.50. The van der Waals surface area contributed by atoms with Gasteiger partial charge < -0.3 is 9.64 Å². The van der Waals surface area contributed by atoms with Crippen molar-refractivity contribution in [2.45, 2.75) is 62.2 Å². The van der Waals surface area contributed by atoms with Crippen molar-refractivity contribution in [1.29, 1.82) is 0 Å². The maximum absolute atomic E-state index is 13.8. The Hall–Kier alpha value is -1.73. The van der Waals surface area contributed by atoms with Crippen LogP contribution in [0.25, 0.3) is 0 Å². The van der Waals surface area contributed by atoms with E-state index in [4.69, 9.17) is 4.74 Å². The van der Waals surface area contributed by atoms with Crippen molar-refractivity contribution in [2.24, 2.45) is 11.3 Å². The molecule has 2 aromatic carbocycles. The number of fused-ring (bicyclic) bond motifs is 1. The number of halogens is 1. The van der Waals surface area contributed by atoms with Crippen LogP contribution in [-0.4, -0.2) is 33.6 Å². The molecule has 33 heavy (non-hydrogen) atoms. The molecule has 0 saturated heterocycles. The van der Waals surface area contributed by atoms with Crippen LogP contribution >= 0.6 is 11.8 Å². The molecule has 0 radical (unpaired) electrons. The summed E-state index contributed by atoms with van der Waals surface area (Å²) in [6, 6.07) is 10.1. The van der Waals surface area contributed by atoms with E-state index >= 15 is 0 Å². The summed E-state index contributed by atoms with van der Waals surface area (Å²) in [6.07, 6.45) is 7.92. The molecule has 1 saturated carbocycles. The van der Waals surface area contributed by atoms with E-state index < -0.39 is 9.84 Å². The zero-order valence-corrected chi connectivity index (χ0v) is 21.4. The van der Waals surface area contributed by atoms with Gasteiger partial charge in [-0.25, -0.2) is 12.8 Å². The van der Waals surface area contributed by atoms with Crippen LogP contribution in [0.2, 0.25) is 0 Å². The van der Waals surface area contributed by atoms with E-state index in [2.05, 4.69) is 18.7 Å². The van der Waals surface area contributed by atoms with Gasteiger partial charge in [0.2, 0.25) is 0 Å². The van der Waals surface area contributed by atoms with E-state index in [1.54, 1.807) is 30.0 Å². The Balaban J connectivity index is 1.87. The number of hydrogen-bond donors (Lipinski definition) is 0. The first-order valence-corrected chi connectivity index (χ1v) is 14.8. The van der Waals surface area contributed by atoms with Gasteiger partial charge in [0.05, 0.1) is 27.8 Å². The first-order chi connectivity index (χ1) is 15.8. The van der Waals surface area contributed by atoms with Crippen LogP contribution in [0.4, 0.5) is 15.8 Å². The Morgan fingerprint density at radius 3 is 2.52 bits per heavy atom. The third-order valence-electron chi connectivity index (χ3n) is 6.98. The predicted molar refractivity (Wildman–Crippen MR) is 134 cm³/mol. The standard InChI is InChI=1S/C26H34FNO3S2/c1-4-6-13-26(5-2)17-28(21-11-9-20(27)10-12-21)22-14-24(32-3)23(31-16-19-7-8-19)15-25(22)33(29,30)18-26/h9-12,14-15,19H,4-8,13,16-18H2,1-3H3/t26-/m0/s1. The number of ether oxygens (including phenoxy) is 1. The minimum Gasteiger partial charge on any atom is -0.492 e. The number of unbranched alkanes of at least 4 members (excludes halogenated alkanes) is 1. The van der Waals surface area contributed by atoms with Gasteiger partial charge in [-0.3, -0.25) is 0 Å². The molecule has 0 aromatic heterocycles. The molecule has 1 fully saturated rings. The van der Waals surface area contributed by atoms with Crippen LogP contribution in [0.15, 0.2) is 46.2 Å². The van der Waals surface area contributed by atoms with Crippen LogP contribution in [-0.2, 0) is 9.84 Å². The number of rotatable bonds is 9. The van der Waals surface area contributed by atoms with Crippen molar-refractivity contribution >= 4 is 33.0 Å². The van der Waals surface area contributed by atoms with Gasteiger partial charge in [-0.05, 0) is 68.2 Å². The van der Waals surface area contributed by atoms with Gasteiger partial charge in [-0.15, -0.1) is 11.8 Å². The molecular weight excluding hydrogens is 457 g/mol. The fraction of sp³-hybridized carbons (Fsp3) is 0.538. The second-order valence-corrected chi connectivity index (χ2v) is 12.3. The summed E-state index contributed by atoms with van der Waals surface area (Å²) in [7, 11) is -3.55. The van der Waals surface area contributed by atoms with E-state index in [1.807, 2.05) is 12.3 Å². The molecule has 0 N–H and O–H groups in total. The third-order valence-corrected chi connectivity index (χ3v) is 9.73. The largest absolute Gasteiger partial charge is 0.492 e. The van der Waals surface area contributed by atoms with Gasteiger partial charge >= 0.3 is 0 Å². The van der Waals surface area contributed by atoms with Gasteiger partial charge in [0, 0.05) is 23.7 Å². The summed E-state index contributed by atoms with van der Waals surface area (Å²) >= 11 is 1.56. The number of sulfone groups is 1. The van der Waals surface area contributed by atoms with Crippen molar-refractivity contribution < 1.29 is 17.5 Å². The Morgan fingerprint density at radius 2 is 1.91 bits per heavy atom. The van der Waals surface area contributed by atoms with Gasteiger partial charge in [0.15, 0.2) is 9.84 Å². The lowest BCUT2D eigenvalue weighted by Gasteiger charge is -2.36. The monoisotopic (exact) mass is 491 g/mol. The molecule has 2 aliphatic rings. The van der Waals surface area contributed by atoms with Crippen molar-refractivity contribution in [3.05, 3.63) is 42.2 Å². The van der Waals surface area contributed by atoms with Crippen LogP contribution < -0.4 is 9.64 Å². The van der Waals surface area contributed by atoms with Crippen molar-refractivity contribution in [1.82, 2.24) is 0 Å². The van der Waals surface area contributed by atoms with Gasteiger partial charge in [-0.2, -0.15) is 0 Å². The van der Waals surface area contributed by atoms with Gasteiger partial charge in [0.1, 0.15) is 11.6 Å². The van der Waals surface area contributed by atoms with Crippen LogP contribution in [0.1, 0.15) is 52.4 Å². The number of hydrogen-bond acceptors (Lipinski definition) is 5.